The average Bonchev–Trinajstić information content (AvgIpc) is 3.08. The number of aromatic nitrogens is 1. The molecule has 3 rings (SSSR count). The number of hydrazine groups is 1. The van der Waals surface area contributed by atoms with E-state index in [4.69, 9.17) is 0 Å². The molecule has 0 fully saturated rings. The number of hydrogen-bond acceptors (Lipinski definition) is 3. The molecule has 0 unspecified atom stereocenters. The monoisotopic (exact) mass is 364 g/mol. The van der Waals surface area contributed by atoms with Crippen LogP contribution >= 0.6 is 0 Å². The highest BCUT2D eigenvalue weighted by Crippen LogP contribution is 2.14. The number of amides is 3. The lowest BCUT2D eigenvalue weighted by molar-refractivity contribution is -0.129. The first-order chi connectivity index (χ1) is 13.1. The largest absolute Gasteiger partial charge is 0.338 e. The van der Waals surface area contributed by atoms with Crippen LogP contribution in [0.2, 0.25) is 0 Å². The first-order valence-corrected chi connectivity index (χ1v) is 8.58. The maximum Gasteiger partial charge on any atom is 0.258 e. The van der Waals surface area contributed by atoms with Crippen LogP contribution < -0.4 is 16.2 Å². The van der Waals surface area contributed by atoms with Crippen LogP contribution in [0, 0.1) is 0 Å². The SMILES string of the molecule is O=C(CCC(=O)Nc1ccccc1)NNC(=O)Cn1ccc2ccccc21. The molecule has 0 bridgehead atoms. The molecular weight excluding hydrogens is 344 g/mol. The van der Waals surface area contributed by atoms with Gasteiger partial charge in [-0.2, -0.15) is 0 Å². The topological polar surface area (TPSA) is 92.2 Å². The van der Waals surface area contributed by atoms with E-state index in [1.807, 2.05) is 54.7 Å². The van der Waals surface area contributed by atoms with Crippen molar-refractivity contribution in [3.8, 4) is 0 Å². The Morgan fingerprint density at radius 3 is 2.22 bits per heavy atom. The zero-order valence-corrected chi connectivity index (χ0v) is 14.6. The second-order valence-electron chi connectivity index (χ2n) is 6.01. The Morgan fingerprint density at radius 1 is 0.741 bits per heavy atom. The van der Waals surface area contributed by atoms with E-state index in [1.54, 1.807) is 16.7 Å². The fourth-order valence-corrected chi connectivity index (χ4v) is 2.65. The Kier molecular flexibility index (Phi) is 5.84. The molecule has 7 nitrogen and oxygen atoms in total. The van der Waals surface area contributed by atoms with Crippen LogP contribution in [-0.4, -0.2) is 22.3 Å². The third-order valence-corrected chi connectivity index (χ3v) is 3.97. The van der Waals surface area contributed by atoms with Crippen LogP contribution in [0.25, 0.3) is 10.9 Å². The number of hydrogen-bond donors (Lipinski definition) is 3. The van der Waals surface area contributed by atoms with E-state index in [-0.39, 0.29) is 31.2 Å². The molecule has 3 aromatic rings. The Morgan fingerprint density at radius 2 is 1.41 bits per heavy atom. The molecule has 0 saturated carbocycles. The third kappa shape index (κ3) is 5.18. The van der Waals surface area contributed by atoms with Gasteiger partial charge in [0.2, 0.25) is 11.8 Å². The van der Waals surface area contributed by atoms with Crippen molar-refractivity contribution in [2.75, 3.05) is 5.32 Å². The van der Waals surface area contributed by atoms with Crippen molar-refractivity contribution in [3.63, 3.8) is 0 Å². The summed E-state index contributed by atoms with van der Waals surface area (Å²) >= 11 is 0. The number of benzene rings is 2. The zero-order valence-electron chi connectivity index (χ0n) is 14.6. The first kappa shape index (κ1) is 18.2. The number of anilines is 1. The second-order valence-corrected chi connectivity index (χ2v) is 6.01. The number of carbonyl (C=O) groups excluding carboxylic acids is 3. The highest BCUT2D eigenvalue weighted by molar-refractivity contribution is 5.93. The van der Waals surface area contributed by atoms with Crippen LogP contribution in [-0.2, 0) is 20.9 Å². The van der Waals surface area contributed by atoms with Crippen molar-refractivity contribution in [2.45, 2.75) is 19.4 Å². The highest BCUT2D eigenvalue weighted by atomic mass is 16.2. The van der Waals surface area contributed by atoms with E-state index in [0.717, 1.165) is 10.9 Å². The van der Waals surface area contributed by atoms with E-state index in [9.17, 15) is 14.4 Å². The molecule has 3 N–H and O–H groups in total. The lowest BCUT2D eigenvalue weighted by atomic mass is 10.2. The van der Waals surface area contributed by atoms with Crippen molar-refractivity contribution < 1.29 is 14.4 Å². The van der Waals surface area contributed by atoms with Gasteiger partial charge in [-0.15, -0.1) is 0 Å². The molecule has 0 spiro atoms. The molecule has 0 aliphatic heterocycles. The maximum atomic E-state index is 12.0. The van der Waals surface area contributed by atoms with Crippen LogP contribution in [0.3, 0.4) is 0 Å². The average molecular weight is 364 g/mol. The number of carbonyl (C=O) groups is 3. The van der Waals surface area contributed by atoms with Gasteiger partial charge >= 0.3 is 0 Å². The highest BCUT2D eigenvalue weighted by Gasteiger charge is 2.10. The van der Waals surface area contributed by atoms with Crippen LogP contribution in [0.5, 0.6) is 0 Å². The quantitative estimate of drug-likeness (QED) is 0.586. The Bertz CT molecular complexity index is 950. The molecule has 0 aliphatic rings. The third-order valence-electron chi connectivity index (χ3n) is 3.97. The molecule has 7 heteroatoms. The van der Waals surface area contributed by atoms with Crippen LogP contribution in [0.4, 0.5) is 5.69 Å². The molecule has 0 saturated heterocycles. The van der Waals surface area contributed by atoms with E-state index in [2.05, 4.69) is 16.2 Å². The first-order valence-electron chi connectivity index (χ1n) is 8.58. The lowest BCUT2D eigenvalue weighted by Crippen LogP contribution is -2.43. The number of rotatable bonds is 6. The number of nitrogens with zero attached hydrogens (tertiary/aromatic N) is 1. The van der Waals surface area contributed by atoms with Crippen molar-refractivity contribution in [3.05, 3.63) is 66.9 Å². The molecular formula is C20H20N4O3. The normalized spacial score (nSPS) is 10.4. The predicted molar refractivity (Wildman–Crippen MR) is 103 cm³/mol. The van der Waals surface area contributed by atoms with Gasteiger partial charge in [-0.1, -0.05) is 36.4 Å². The lowest BCUT2D eigenvalue weighted by Gasteiger charge is -2.09. The molecule has 0 radical (unpaired) electrons. The van der Waals surface area contributed by atoms with Gasteiger partial charge in [-0.25, -0.2) is 0 Å². The van der Waals surface area contributed by atoms with Gasteiger partial charge in [0.05, 0.1) is 0 Å². The van der Waals surface area contributed by atoms with E-state index in [0.29, 0.717) is 5.69 Å². The molecule has 27 heavy (non-hydrogen) atoms. The molecule has 2 aromatic carbocycles. The standard InChI is InChI=1S/C20H20N4O3/c25-18(21-16-7-2-1-3-8-16)10-11-19(26)22-23-20(27)14-24-13-12-15-6-4-5-9-17(15)24/h1-9,12-13H,10-11,14H2,(H,21,25)(H,22,26)(H,23,27). The number of fused-ring (bicyclic) bond motifs is 1. The van der Waals surface area contributed by atoms with Crippen LogP contribution in [0.15, 0.2) is 66.9 Å². The second kappa shape index (κ2) is 8.66. The summed E-state index contributed by atoms with van der Waals surface area (Å²) in [7, 11) is 0. The minimum atomic E-state index is -0.427. The fourth-order valence-electron chi connectivity index (χ4n) is 2.65. The van der Waals surface area contributed by atoms with Gasteiger partial charge in [-0.3, -0.25) is 25.2 Å². The van der Waals surface area contributed by atoms with Gasteiger partial charge in [-0.05, 0) is 29.7 Å². The minimum absolute atomic E-state index is 0.0224. The van der Waals surface area contributed by atoms with Crippen molar-refractivity contribution >= 4 is 34.3 Å². The summed E-state index contributed by atoms with van der Waals surface area (Å²) in [6.07, 6.45) is 1.82. The van der Waals surface area contributed by atoms with Gasteiger partial charge in [0.15, 0.2) is 0 Å². The summed E-state index contributed by atoms with van der Waals surface area (Å²) in [5, 5.41) is 3.74. The molecule has 1 heterocycles. The summed E-state index contributed by atoms with van der Waals surface area (Å²) in [5.41, 5.74) is 6.32. The van der Waals surface area contributed by atoms with Gasteiger partial charge in [0, 0.05) is 30.2 Å². The van der Waals surface area contributed by atoms with E-state index < -0.39 is 5.91 Å². The van der Waals surface area contributed by atoms with Crippen molar-refractivity contribution in [1.29, 1.82) is 0 Å². The van der Waals surface area contributed by atoms with Gasteiger partial charge in [0.1, 0.15) is 6.54 Å². The number of nitrogens with one attached hydrogen (secondary N) is 3. The molecule has 3 amide bonds. The Hall–Kier alpha value is -3.61. The molecule has 0 aliphatic carbocycles. The molecule has 138 valence electrons. The summed E-state index contributed by atoms with van der Waals surface area (Å²) in [5.74, 6) is -1.04. The summed E-state index contributed by atoms with van der Waals surface area (Å²) < 4.78 is 1.80. The number of para-hydroxylation sites is 2. The van der Waals surface area contributed by atoms with Crippen molar-refractivity contribution in [2.24, 2.45) is 0 Å². The summed E-state index contributed by atoms with van der Waals surface area (Å²) in [4.78, 5) is 35.6. The molecule has 1 aromatic heterocycles. The predicted octanol–water partition coefficient (Wildman–Crippen LogP) is 2.21. The van der Waals surface area contributed by atoms with Crippen LogP contribution in [0.1, 0.15) is 12.8 Å². The Balaban J connectivity index is 1.39. The minimum Gasteiger partial charge on any atom is -0.338 e. The summed E-state index contributed by atoms with van der Waals surface area (Å²) in [6, 6.07) is 18.7. The van der Waals surface area contributed by atoms with Gasteiger partial charge < -0.3 is 9.88 Å². The van der Waals surface area contributed by atoms with E-state index in [1.165, 1.54) is 0 Å². The summed E-state index contributed by atoms with van der Waals surface area (Å²) in [6.45, 7) is 0.0856. The fraction of sp³-hybridized carbons (Fsp3) is 0.150. The molecule has 0 atom stereocenters. The van der Waals surface area contributed by atoms with Crippen molar-refractivity contribution in [1.82, 2.24) is 15.4 Å². The van der Waals surface area contributed by atoms with Gasteiger partial charge in [0.25, 0.3) is 5.91 Å². The smallest absolute Gasteiger partial charge is 0.258 e. The van der Waals surface area contributed by atoms with E-state index >= 15 is 0 Å². The zero-order chi connectivity index (χ0) is 19.1. The maximum absolute atomic E-state index is 12.0. The Labute approximate surface area is 156 Å².